The molecule has 0 aliphatic heterocycles. The van der Waals surface area contributed by atoms with Crippen LogP contribution in [0.25, 0.3) is 0 Å². The van der Waals surface area contributed by atoms with Gasteiger partial charge in [0.2, 0.25) is 11.8 Å². The van der Waals surface area contributed by atoms with Crippen LogP contribution in [0.4, 0.5) is 4.39 Å². The highest BCUT2D eigenvalue weighted by Gasteiger charge is 2.28. The van der Waals surface area contributed by atoms with E-state index in [1.807, 2.05) is 30.3 Å². The zero-order valence-electron chi connectivity index (χ0n) is 17.4. The molecule has 1 atom stereocenters. The van der Waals surface area contributed by atoms with Gasteiger partial charge in [0.25, 0.3) is 0 Å². The Labute approximate surface area is 182 Å². The van der Waals surface area contributed by atoms with Gasteiger partial charge in [0.1, 0.15) is 11.9 Å². The number of benzene rings is 2. The van der Waals surface area contributed by atoms with Crippen LogP contribution in [0.2, 0.25) is 0 Å². The zero-order chi connectivity index (χ0) is 21.3. The number of rotatable bonds is 9. The van der Waals surface area contributed by atoms with Crippen molar-refractivity contribution in [3.63, 3.8) is 0 Å². The summed E-state index contributed by atoms with van der Waals surface area (Å²) in [7, 11) is 0. The van der Waals surface area contributed by atoms with Gasteiger partial charge < -0.3 is 10.2 Å². The van der Waals surface area contributed by atoms with Gasteiger partial charge in [0.05, 0.1) is 0 Å². The maximum atomic E-state index is 14.2. The van der Waals surface area contributed by atoms with Crippen LogP contribution in [0.1, 0.15) is 44.6 Å². The predicted molar refractivity (Wildman–Crippen MR) is 119 cm³/mol. The van der Waals surface area contributed by atoms with E-state index in [0.717, 1.165) is 30.6 Å². The molecule has 0 aromatic heterocycles. The molecule has 0 radical (unpaired) electrons. The fourth-order valence-corrected chi connectivity index (χ4v) is 4.56. The van der Waals surface area contributed by atoms with Gasteiger partial charge in [-0.15, -0.1) is 11.8 Å². The molecule has 6 heteroatoms. The van der Waals surface area contributed by atoms with Crippen molar-refractivity contribution in [1.29, 1.82) is 0 Å². The summed E-state index contributed by atoms with van der Waals surface area (Å²) in [4.78, 5) is 28.5. The molecule has 2 aromatic carbocycles. The number of nitrogens with one attached hydrogen (secondary N) is 1. The van der Waals surface area contributed by atoms with Gasteiger partial charge in [0.15, 0.2) is 0 Å². The number of hydrogen-bond donors (Lipinski definition) is 1. The Kier molecular flexibility index (Phi) is 8.31. The Hall–Kier alpha value is -2.34. The second-order valence-electron chi connectivity index (χ2n) is 7.69. The Morgan fingerprint density at radius 3 is 2.47 bits per heavy atom. The Balaban J connectivity index is 1.66. The highest BCUT2D eigenvalue weighted by atomic mass is 32.2. The van der Waals surface area contributed by atoms with Crippen molar-refractivity contribution in [3.05, 3.63) is 66.0 Å². The molecule has 2 amide bonds. The highest BCUT2D eigenvalue weighted by molar-refractivity contribution is 7.99. The Morgan fingerprint density at radius 2 is 1.77 bits per heavy atom. The number of amides is 2. The lowest BCUT2D eigenvalue weighted by Crippen LogP contribution is -2.49. The fraction of sp³-hybridized carbons (Fsp3) is 0.417. The molecule has 2 aromatic rings. The van der Waals surface area contributed by atoms with E-state index in [1.165, 1.54) is 11.0 Å². The van der Waals surface area contributed by atoms with E-state index < -0.39 is 6.04 Å². The van der Waals surface area contributed by atoms with Gasteiger partial charge >= 0.3 is 0 Å². The molecule has 0 bridgehead atoms. The first-order chi connectivity index (χ1) is 14.5. The topological polar surface area (TPSA) is 49.4 Å². The lowest BCUT2D eigenvalue weighted by Gasteiger charge is -2.30. The Morgan fingerprint density at radius 1 is 1.10 bits per heavy atom. The molecule has 1 fully saturated rings. The lowest BCUT2D eigenvalue weighted by molar-refractivity contribution is -0.140. The first-order valence-electron chi connectivity index (χ1n) is 10.6. The van der Waals surface area contributed by atoms with Crippen molar-refractivity contribution in [2.24, 2.45) is 0 Å². The van der Waals surface area contributed by atoms with E-state index in [0.29, 0.717) is 11.3 Å². The quantitative estimate of drug-likeness (QED) is 0.585. The molecular weight excluding hydrogens is 399 g/mol. The maximum absolute atomic E-state index is 14.2. The molecule has 160 valence electrons. The summed E-state index contributed by atoms with van der Waals surface area (Å²) < 4.78 is 14.2. The molecule has 1 unspecified atom stereocenters. The minimum absolute atomic E-state index is 0.0841. The van der Waals surface area contributed by atoms with Crippen molar-refractivity contribution in [3.8, 4) is 0 Å². The van der Waals surface area contributed by atoms with Gasteiger partial charge in [-0.1, -0.05) is 49.2 Å². The predicted octanol–water partition coefficient (Wildman–Crippen LogP) is 4.78. The summed E-state index contributed by atoms with van der Waals surface area (Å²) in [5, 5.41) is 3.06. The van der Waals surface area contributed by atoms with Gasteiger partial charge in [0, 0.05) is 35.2 Å². The SMILES string of the molecule is CC(C(=O)NC1CCCC1)N(Cc1ccccc1F)C(=O)CCSc1ccccc1. The minimum Gasteiger partial charge on any atom is -0.352 e. The van der Waals surface area contributed by atoms with Gasteiger partial charge in [-0.05, 0) is 38.0 Å². The largest absolute Gasteiger partial charge is 0.352 e. The highest BCUT2D eigenvalue weighted by Crippen LogP contribution is 2.21. The number of halogens is 1. The summed E-state index contributed by atoms with van der Waals surface area (Å²) in [6.07, 6.45) is 4.48. The van der Waals surface area contributed by atoms with Crippen molar-refractivity contribution in [1.82, 2.24) is 10.2 Å². The molecular formula is C24H29FN2O2S. The number of carbonyl (C=O) groups excluding carboxylic acids is 2. The molecule has 1 saturated carbocycles. The van der Waals surface area contributed by atoms with Crippen LogP contribution >= 0.6 is 11.8 Å². The second-order valence-corrected chi connectivity index (χ2v) is 8.86. The van der Waals surface area contributed by atoms with Crippen LogP contribution in [0, 0.1) is 5.82 Å². The van der Waals surface area contributed by atoms with E-state index in [4.69, 9.17) is 0 Å². The first kappa shape index (κ1) is 22.3. The van der Waals surface area contributed by atoms with E-state index in [1.54, 1.807) is 36.9 Å². The van der Waals surface area contributed by atoms with Crippen molar-refractivity contribution >= 4 is 23.6 Å². The molecule has 0 saturated heterocycles. The summed E-state index contributed by atoms with van der Waals surface area (Å²) in [6, 6.07) is 15.8. The summed E-state index contributed by atoms with van der Waals surface area (Å²) in [6.45, 7) is 1.81. The minimum atomic E-state index is -0.653. The third-order valence-corrected chi connectivity index (χ3v) is 6.51. The average molecular weight is 429 g/mol. The van der Waals surface area contributed by atoms with Crippen molar-refractivity contribution in [2.45, 2.75) is 62.6 Å². The molecule has 1 N–H and O–H groups in total. The third kappa shape index (κ3) is 6.33. The van der Waals surface area contributed by atoms with E-state index in [-0.39, 0.29) is 36.6 Å². The van der Waals surface area contributed by atoms with Crippen LogP contribution in [0.5, 0.6) is 0 Å². The third-order valence-electron chi connectivity index (χ3n) is 5.50. The fourth-order valence-electron chi connectivity index (χ4n) is 3.70. The molecule has 0 spiro atoms. The summed E-state index contributed by atoms with van der Waals surface area (Å²) in [5.74, 6) is -0.0662. The molecule has 0 heterocycles. The average Bonchev–Trinajstić information content (AvgIpc) is 3.26. The number of thioether (sulfide) groups is 1. The molecule has 3 rings (SSSR count). The van der Waals surface area contributed by atoms with Crippen molar-refractivity contribution < 1.29 is 14.0 Å². The first-order valence-corrected chi connectivity index (χ1v) is 11.5. The zero-order valence-corrected chi connectivity index (χ0v) is 18.2. The smallest absolute Gasteiger partial charge is 0.242 e. The van der Waals surface area contributed by atoms with E-state index in [2.05, 4.69) is 5.32 Å². The van der Waals surface area contributed by atoms with Crippen LogP contribution in [0.3, 0.4) is 0 Å². The van der Waals surface area contributed by atoms with Crippen LogP contribution in [-0.2, 0) is 16.1 Å². The molecule has 1 aliphatic carbocycles. The van der Waals surface area contributed by atoms with Gasteiger partial charge in [-0.25, -0.2) is 4.39 Å². The number of nitrogens with zero attached hydrogens (tertiary/aromatic N) is 1. The normalized spacial score (nSPS) is 15.0. The lowest BCUT2D eigenvalue weighted by atomic mass is 10.1. The standard InChI is InChI=1S/C24H29FN2O2S/c1-18(24(29)26-20-10-6-7-11-20)27(17-19-9-5-8-14-22(19)25)23(28)15-16-30-21-12-3-2-4-13-21/h2-5,8-9,12-14,18,20H,6-7,10-11,15-17H2,1H3,(H,26,29). The molecule has 30 heavy (non-hydrogen) atoms. The summed E-state index contributed by atoms with van der Waals surface area (Å²) in [5.41, 5.74) is 0.419. The maximum Gasteiger partial charge on any atom is 0.242 e. The van der Waals surface area contributed by atoms with E-state index >= 15 is 0 Å². The molecule has 1 aliphatic rings. The number of carbonyl (C=O) groups is 2. The number of hydrogen-bond acceptors (Lipinski definition) is 3. The van der Waals surface area contributed by atoms with Crippen LogP contribution in [0.15, 0.2) is 59.5 Å². The van der Waals surface area contributed by atoms with Crippen LogP contribution < -0.4 is 5.32 Å². The van der Waals surface area contributed by atoms with Crippen molar-refractivity contribution in [2.75, 3.05) is 5.75 Å². The van der Waals surface area contributed by atoms with Crippen LogP contribution in [-0.4, -0.2) is 34.6 Å². The molecule has 4 nitrogen and oxygen atoms in total. The van der Waals surface area contributed by atoms with E-state index in [9.17, 15) is 14.0 Å². The monoisotopic (exact) mass is 428 g/mol. The second kappa shape index (κ2) is 11.2. The van der Waals surface area contributed by atoms with Gasteiger partial charge in [-0.2, -0.15) is 0 Å². The van der Waals surface area contributed by atoms with Gasteiger partial charge in [-0.3, -0.25) is 9.59 Å². The Bertz CT molecular complexity index is 840. The summed E-state index contributed by atoms with van der Waals surface area (Å²) >= 11 is 1.60.